The summed E-state index contributed by atoms with van der Waals surface area (Å²) in [5.41, 5.74) is 1.69. The number of anilines is 1. The van der Waals surface area contributed by atoms with Crippen molar-refractivity contribution in [3.05, 3.63) is 53.7 Å². The largest absolute Gasteiger partial charge is 0.349 e. The van der Waals surface area contributed by atoms with Gasteiger partial charge in [-0.25, -0.2) is 14.4 Å². The number of hydrogen-bond acceptors (Lipinski definition) is 3. The number of halogens is 1. The van der Waals surface area contributed by atoms with E-state index in [1.54, 1.807) is 12.4 Å². The molecule has 0 aliphatic carbocycles. The maximum absolute atomic E-state index is 14.1. The lowest BCUT2D eigenvalue weighted by molar-refractivity contribution is 0.563. The minimum Gasteiger partial charge on any atom is -0.349 e. The van der Waals surface area contributed by atoms with Crippen molar-refractivity contribution in [2.24, 2.45) is 5.92 Å². The summed E-state index contributed by atoms with van der Waals surface area (Å²) in [6.45, 7) is 5.04. The fourth-order valence-electron chi connectivity index (χ4n) is 2.94. The Kier molecular flexibility index (Phi) is 3.38. The van der Waals surface area contributed by atoms with Gasteiger partial charge in [0.15, 0.2) is 0 Å². The Bertz CT molecular complexity index is 614. The fourth-order valence-corrected chi connectivity index (χ4v) is 2.94. The van der Waals surface area contributed by atoms with Crippen LogP contribution in [0.15, 0.2) is 36.7 Å². The van der Waals surface area contributed by atoms with Crippen LogP contribution in [-0.2, 0) is 0 Å². The number of nitrogens with zero attached hydrogens (tertiary/aromatic N) is 3. The van der Waals surface area contributed by atoms with E-state index >= 15 is 0 Å². The molecule has 3 rings (SSSR count). The molecule has 1 aromatic heterocycles. The molecule has 1 aromatic carbocycles. The Morgan fingerprint density at radius 1 is 1.25 bits per heavy atom. The lowest BCUT2D eigenvalue weighted by atomic mass is 10.0. The van der Waals surface area contributed by atoms with E-state index in [9.17, 15) is 4.39 Å². The number of aryl methyl sites for hydroxylation is 1. The van der Waals surface area contributed by atoms with Gasteiger partial charge < -0.3 is 4.90 Å². The van der Waals surface area contributed by atoms with Gasteiger partial charge >= 0.3 is 0 Å². The van der Waals surface area contributed by atoms with Crippen molar-refractivity contribution >= 4 is 5.82 Å². The first-order valence-electron chi connectivity index (χ1n) is 6.95. The molecule has 2 unspecified atom stereocenters. The highest BCUT2D eigenvalue weighted by atomic mass is 19.1. The second-order valence-electron chi connectivity index (χ2n) is 5.55. The van der Waals surface area contributed by atoms with Crippen LogP contribution in [0.2, 0.25) is 0 Å². The van der Waals surface area contributed by atoms with Crippen molar-refractivity contribution < 1.29 is 4.39 Å². The molecule has 20 heavy (non-hydrogen) atoms. The van der Waals surface area contributed by atoms with E-state index in [1.807, 2.05) is 25.1 Å². The van der Waals surface area contributed by atoms with Crippen LogP contribution in [0, 0.1) is 18.7 Å². The number of rotatable bonds is 2. The van der Waals surface area contributed by atoms with E-state index in [1.165, 1.54) is 6.07 Å². The van der Waals surface area contributed by atoms with Crippen molar-refractivity contribution in [2.75, 3.05) is 11.4 Å². The van der Waals surface area contributed by atoms with E-state index in [0.717, 1.165) is 30.0 Å². The minimum absolute atomic E-state index is 0.0560. The second kappa shape index (κ2) is 5.19. The van der Waals surface area contributed by atoms with Crippen LogP contribution in [0.4, 0.5) is 10.2 Å². The van der Waals surface area contributed by atoms with Gasteiger partial charge in [-0.3, -0.25) is 0 Å². The van der Waals surface area contributed by atoms with Gasteiger partial charge in [-0.15, -0.1) is 0 Å². The molecular formula is C16H18FN3. The van der Waals surface area contributed by atoms with E-state index in [4.69, 9.17) is 0 Å². The first-order valence-corrected chi connectivity index (χ1v) is 6.95. The Balaban J connectivity index is 1.99. The van der Waals surface area contributed by atoms with Crippen molar-refractivity contribution in [1.82, 2.24) is 9.97 Å². The lowest BCUT2D eigenvalue weighted by Crippen LogP contribution is -2.25. The molecule has 1 aliphatic heterocycles. The van der Waals surface area contributed by atoms with Gasteiger partial charge in [-0.1, -0.05) is 25.1 Å². The molecule has 0 saturated carbocycles. The van der Waals surface area contributed by atoms with Gasteiger partial charge in [-0.05, 0) is 25.3 Å². The second-order valence-corrected chi connectivity index (χ2v) is 5.55. The van der Waals surface area contributed by atoms with Gasteiger partial charge in [0.05, 0.1) is 6.04 Å². The van der Waals surface area contributed by atoms with E-state index in [2.05, 4.69) is 21.8 Å². The zero-order valence-electron chi connectivity index (χ0n) is 11.8. The zero-order valence-corrected chi connectivity index (χ0v) is 11.8. The highest BCUT2D eigenvalue weighted by molar-refractivity contribution is 5.44. The Labute approximate surface area is 118 Å². The standard InChI is InChI=1S/C16H18FN3/c1-11-7-15(13-5-3-4-6-14(13)17)20(9-11)16-8-12(2)18-10-19-16/h3-6,8,10-11,15H,7,9H2,1-2H3. The van der Waals surface area contributed by atoms with Crippen LogP contribution in [0.25, 0.3) is 0 Å². The maximum atomic E-state index is 14.1. The molecule has 0 bridgehead atoms. The molecule has 2 aromatic rings. The van der Waals surface area contributed by atoms with Crippen molar-refractivity contribution in [3.8, 4) is 0 Å². The third-order valence-electron chi connectivity index (χ3n) is 3.86. The van der Waals surface area contributed by atoms with Crippen LogP contribution in [0.1, 0.15) is 30.6 Å². The van der Waals surface area contributed by atoms with Crippen molar-refractivity contribution in [1.29, 1.82) is 0 Å². The summed E-state index contributed by atoms with van der Waals surface area (Å²) in [5.74, 6) is 1.27. The monoisotopic (exact) mass is 271 g/mol. The van der Waals surface area contributed by atoms with Crippen LogP contribution in [0.3, 0.4) is 0 Å². The third kappa shape index (κ3) is 2.38. The normalized spacial score (nSPS) is 22.2. The molecule has 2 atom stereocenters. The molecule has 1 fully saturated rings. The molecule has 3 nitrogen and oxygen atoms in total. The highest BCUT2D eigenvalue weighted by Gasteiger charge is 2.33. The van der Waals surface area contributed by atoms with Crippen LogP contribution >= 0.6 is 0 Å². The van der Waals surface area contributed by atoms with Gasteiger partial charge in [0.25, 0.3) is 0 Å². The van der Waals surface area contributed by atoms with E-state index in [-0.39, 0.29) is 11.9 Å². The quantitative estimate of drug-likeness (QED) is 0.837. The SMILES string of the molecule is Cc1cc(N2CC(C)CC2c2ccccc2F)ncn1. The van der Waals surface area contributed by atoms with E-state index < -0.39 is 0 Å². The fraction of sp³-hybridized carbons (Fsp3) is 0.375. The Hall–Kier alpha value is -1.97. The molecule has 0 amide bonds. The zero-order chi connectivity index (χ0) is 14.1. The molecule has 0 spiro atoms. The molecule has 104 valence electrons. The molecule has 1 saturated heterocycles. The molecule has 2 heterocycles. The predicted octanol–water partition coefficient (Wildman–Crippen LogP) is 3.51. The third-order valence-corrected chi connectivity index (χ3v) is 3.86. The number of hydrogen-bond donors (Lipinski definition) is 0. The van der Waals surface area contributed by atoms with Crippen LogP contribution < -0.4 is 4.90 Å². The Morgan fingerprint density at radius 3 is 2.80 bits per heavy atom. The summed E-state index contributed by atoms with van der Waals surface area (Å²) in [6.07, 6.45) is 2.52. The molecular weight excluding hydrogens is 253 g/mol. The number of aromatic nitrogens is 2. The summed E-state index contributed by atoms with van der Waals surface area (Å²) in [5, 5.41) is 0. The lowest BCUT2D eigenvalue weighted by Gasteiger charge is -2.26. The summed E-state index contributed by atoms with van der Waals surface area (Å²) in [6, 6.07) is 9.05. The summed E-state index contributed by atoms with van der Waals surface area (Å²) in [7, 11) is 0. The highest BCUT2D eigenvalue weighted by Crippen LogP contribution is 2.38. The minimum atomic E-state index is -0.137. The van der Waals surface area contributed by atoms with Crippen molar-refractivity contribution in [2.45, 2.75) is 26.3 Å². The molecule has 0 N–H and O–H groups in total. The predicted molar refractivity (Wildman–Crippen MR) is 77.0 cm³/mol. The Morgan fingerprint density at radius 2 is 2.05 bits per heavy atom. The average molecular weight is 271 g/mol. The first-order chi connectivity index (χ1) is 9.65. The van der Waals surface area contributed by atoms with Crippen molar-refractivity contribution in [3.63, 3.8) is 0 Å². The first kappa shape index (κ1) is 13.0. The average Bonchev–Trinajstić information content (AvgIpc) is 2.81. The maximum Gasteiger partial charge on any atom is 0.132 e. The van der Waals surface area contributed by atoms with E-state index in [0.29, 0.717) is 5.92 Å². The van der Waals surface area contributed by atoms with Gasteiger partial charge in [0, 0.05) is 23.9 Å². The van der Waals surface area contributed by atoms with Gasteiger partial charge in [0.2, 0.25) is 0 Å². The van der Waals surface area contributed by atoms with Crippen LogP contribution in [-0.4, -0.2) is 16.5 Å². The topological polar surface area (TPSA) is 29.0 Å². The smallest absolute Gasteiger partial charge is 0.132 e. The van der Waals surface area contributed by atoms with Gasteiger partial charge in [-0.2, -0.15) is 0 Å². The van der Waals surface area contributed by atoms with Gasteiger partial charge in [0.1, 0.15) is 18.0 Å². The molecule has 4 heteroatoms. The number of benzene rings is 1. The van der Waals surface area contributed by atoms with Crippen LogP contribution in [0.5, 0.6) is 0 Å². The molecule has 0 radical (unpaired) electrons. The summed E-state index contributed by atoms with van der Waals surface area (Å²) in [4.78, 5) is 10.7. The molecule has 1 aliphatic rings. The summed E-state index contributed by atoms with van der Waals surface area (Å²) < 4.78 is 14.1. The summed E-state index contributed by atoms with van der Waals surface area (Å²) >= 11 is 0.